The van der Waals surface area contributed by atoms with Gasteiger partial charge in [-0.3, -0.25) is 4.98 Å². The van der Waals surface area contributed by atoms with E-state index < -0.39 is 6.23 Å². The minimum absolute atomic E-state index is 0.212. The number of hydrogen-bond acceptors (Lipinski definition) is 4. The largest absolute Gasteiger partial charge is 0.469 e. The van der Waals surface area contributed by atoms with E-state index in [9.17, 15) is 10.1 Å². The van der Waals surface area contributed by atoms with Gasteiger partial charge in [-0.1, -0.05) is 13.0 Å². The molecule has 27 heavy (non-hydrogen) atoms. The Hall–Kier alpha value is -3.07. The topological polar surface area (TPSA) is 87.0 Å². The average molecular weight is 364 g/mol. The molecule has 0 radical (unpaired) electrons. The molecule has 1 aromatic carbocycles. The summed E-state index contributed by atoms with van der Waals surface area (Å²) < 4.78 is 6.13. The summed E-state index contributed by atoms with van der Waals surface area (Å²) >= 11 is 0. The van der Waals surface area contributed by atoms with Gasteiger partial charge in [0.2, 0.25) is 0 Å². The number of aromatic nitrogens is 1. The van der Waals surface area contributed by atoms with Gasteiger partial charge in [0, 0.05) is 30.9 Å². The number of pyridine rings is 1. The maximum atomic E-state index is 11.9. The highest BCUT2D eigenvalue weighted by atomic mass is 16.5. The number of nitriles is 1. The molecule has 3 rings (SSSR count). The second-order valence-electron chi connectivity index (χ2n) is 6.78. The lowest BCUT2D eigenvalue weighted by Crippen LogP contribution is -2.44. The van der Waals surface area contributed by atoms with Crippen molar-refractivity contribution in [2.24, 2.45) is 0 Å². The number of ether oxygens (including phenoxy) is 1. The van der Waals surface area contributed by atoms with E-state index in [4.69, 9.17) is 4.74 Å². The Labute approximate surface area is 159 Å². The molecule has 1 aliphatic rings. The predicted octanol–water partition coefficient (Wildman–Crippen LogP) is 3.85. The van der Waals surface area contributed by atoms with Gasteiger partial charge in [-0.25, -0.2) is 4.79 Å². The van der Waals surface area contributed by atoms with E-state index in [1.807, 2.05) is 26.0 Å². The standard InChI is InChI=1S/C21H24N4O2/c1-4-24-21(26)25-19-8-7-13(2)16-10-17(15-6-5-9-23-12-15)14(3)18(11-22)20(16)27-19/h5-6,9-10,12-13,19H,4,7-8H2,1-3H3,(H2,24,25,26). The number of urea groups is 1. The Morgan fingerprint density at radius 2 is 2.26 bits per heavy atom. The van der Waals surface area contributed by atoms with Crippen LogP contribution in [-0.4, -0.2) is 23.8 Å². The van der Waals surface area contributed by atoms with Gasteiger partial charge in [0.05, 0.1) is 5.56 Å². The number of hydrogen-bond donors (Lipinski definition) is 2. The van der Waals surface area contributed by atoms with E-state index in [0.29, 0.717) is 24.3 Å². The van der Waals surface area contributed by atoms with Gasteiger partial charge in [-0.05, 0) is 55.0 Å². The Morgan fingerprint density at radius 3 is 2.93 bits per heavy atom. The molecule has 0 saturated carbocycles. The summed E-state index contributed by atoms with van der Waals surface area (Å²) in [6.07, 6.45) is 4.61. The van der Waals surface area contributed by atoms with Crippen LogP contribution >= 0.6 is 0 Å². The van der Waals surface area contributed by atoms with Gasteiger partial charge in [-0.15, -0.1) is 0 Å². The summed E-state index contributed by atoms with van der Waals surface area (Å²) in [5, 5.41) is 15.4. The van der Waals surface area contributed by atoms with E-state index >= 15 is 0 Å². The zero-order valence-corrected chi connectivity index (χ0v) is 15.9. The average Bonchev–Trinajstić information content (AvgIpc) is 2.81. The summed E-state index contributed by atoms with van der Waals surface area (Å²) in [4.78, 5) is 16.1. The number of rotatable bonds is 3. The summed E-state index contributed by atoms with van der Waals surface area (Å²) in [7, 11) is 0. The molecule has 1 aromatic heterocycles. The molecule has 6 nitrogen and oxygen atoms in total. The maximum Gasteiger partial charge on any atom is 0.317 e. The first-order chi connectivity index (χ1) is 13.0. The van der Waals surface area contributed by atoms with Crippen molar-refractivity contribution in [2.75, 3.05) is 6.54 Å². The molecule has 0 spiro atoms. The van der Waals surface area contributed by atoms with Crippen molar-refractivity contribution >= 4 is 6.03 Å². The van der Waals surface area contributed by atoms with Crippen LogP contribution < -0.4 is 15.4 Å². The van der Waals surface area contributed by atoms with Crippen LogP contribution in [0.2, 0.25) is 0 Å². The van der Waals surface area contributed by atoms with Crippen LogP contribution in [0.4, 0.5) is 4.79 Å². The van der Waals surface area contributed by atoms with Crippen LogP contribution in [0, 0.1) is 18.3 Å². The van der Waals surface area contributed by atoms with E-state index in [-0.39, 0.29) is 11.9 Å². The van der Waals surface area contributed by atoms with Crippen LogP contribution in [-0.2, 0) is 0 Å². The fourth-order valence-corrected chi connectivity index (χ4v) is 3.45. The third-order valence-electron chi connectivity index (χ3n) is 4.93. The number of carbonyl (C=O) groups is 1. The molecule has 0 bridgehead atoms. The summed E-state index contributed by atoms with van der Waals surface area (Å²) in [5.41, 5.74) is 4.33. The lowest BCUT2D eigenvalue weighted by Gasteiger charge is -2.21. The van der Waals surface area contributed by atoms with Crippen molar-refractivity contribution in [3.8, 4) is 22.9 Å². The Morgan fingerprint density at radius 1 is 1.44 bits per heavy atom. The second kappa shape index (κ2) is 8.09. The molecule has 2 atom stereocenters. The van der Waals surface area contributed by atoms with Crippen molar-refractivity contribution in [1.29, 1.82) is 5.26 Å². The lowest BCUT2D eigenvalue weighted by atomic mass is 9.88. The molecule has 2 amide bonds. The molecule has 0 fully saturated rings. The fourth-order valence-electron chi connectivity index (χ4n) is 3.45. The van der Waals surface area contributed by atoms with Crippen molar-refractivity contribution in [1.82, 2.24) is 15.6 Å². The first kappa shape index (κ1) is 18.7. The van der Waals surface area contributed by atoms with Crippen molar-refractivity contribution in [3.05, 3.63) is 47.3 Å². The van der Waals surface area contributed by atoms with Crippen molar-refractivity contribution in [2.45, 2.75) is 45.8 Å². The van der Waals surface area contributed by atoms with Crippen LogP contribution in [0.25, 0.3) is 11.1 Å². The molecule has 0 saturated heterocycles. The molecular weight excluding hydrogens is 340 g/mol. The Balaban J connectivity index is 2.05. The highest BCUT2D eigenvalue weighted by molar-refractivity contribution is 5.75. The van der Waals surface area contributed by atoms with E-state index in [1.165, 1.54) is 0 Å². The normalized spacial score (nSPS) is 18.4. The van der Waals surface area contributed by atoms with Crippen LogP contribution in [0.5, 0.6) is 5.75 Å². The number of carbonyl (C=O) groups excluding carboxylic acids is 1. The monoisotopic (exact) mass is 364 g/mol. The van der Waals surface area contributed by atoms with E-state index in [0.717, 1.165) is 28.7 Å². The van der Waals surface area contributed by atoms with Crippen LogP contribution in [0.1, 0.15) is 49.3 Å². The summed E-state index contributed by atoms with van der Waals surface area (Å²) in [6, 6.07) is 8.02. The molecule has 140 valence electrons. The Bertz CT molecular complexity index is 874. The number of nitrogens with one attached hydrogen (secondary N) is 2. The third kappa shape index (κ3) is 3.87. The first-order valence-corrected chi connectivity index (χ1v) is 9.24. The van der Waals surface area contributed by atoms with Crippen LogP contribution in [0.15, 0.2) is 30.6 Å². The molecular formula is C21H24N4O2. The smallest absolute Gasteiger partial charge is 0.317 e. The van der Waals surface area contributed by atoms with Crippen LogP contribution in [0.3, 0.4) is 0 Å². The zero-order chi connectivity index (χ0) is 19.4. The van der Waals surface area contributed by atoms with Gasteiger partial charge in [0.15, 0.2) is 6.23 Å². The quantitative estimate of drug-likeness (QED) is 0.866. The number of amides is 2. The maximum absolute atomic E-state index is 11.9. The lowest BCUT2D eigenvalue weighted by molar-refractivity contribution is 0.157. The van der Waals surface area contributed by atoms with Gasteiger partial charge in [-0.2, -0.15) is 5.26 Å². The third-order valence-corrected chi connectivity index (χ3v) is 4.93. The first-order valence-electron chi connectivity index (χ1n) is 9.24. The number of fused-ring (bicyclic) bond motifs is 1. The van der Waals surface area contributed by atoms with Gasteiger partial charge >= 0.3 is 6.03 Å². The highest BCUT2D eigenvalue weighted by Gasteiger charge is 2.28. The predicted molar refractivity (Wildman–Crippen MR) is 103 cm³/mol. The minimum Gasteiger partial charge on any atom is -0.469 e. The minimum atomic E-state index is -0.462. The fraction of sp³-hybridized carbons (Fsp3) is 0.381. The molecule has 2 N–H and O–H groups in total. The molecule has 2 unspecified atom stereocenters. The summed E-state index contributed by atoms with van der Waals surface area (Å²) in [6.45, 7) is 6.46. The van der Waals surface area contributed by atoms with E-state index in [1.54, 1.807) is 12.4 Å². The number of nitrogens with zero attached hydrogens (tertiary/aromatic N) is 2. The zero-order valence-electron chi connectivity index (χ0n) is 15.9. The van der Waals surface area contributed by atoms with E-state index in [2.05, 4.69) is 34.7 Å². The Kier molecular flexibility index (Phi) is 5.60. The molecule has 2 heterocycles. The van der Waals surface area contributed by atoms with Gasteiger partial charge in [0.25, 0.3) is 0 Å². The van der Waals surface area contributed by atoms with Gasteiger partial charge in [0.1, 0.15) is 11.8 Å². The van der Waals surface area contributed by atoms with Crippen molar-refractivity contribution < 1.29 is 9.53 Å². The molecule has 2 aromatic rings. The molecule has 6 heteroatoms. The molecule has 0 aliphatic carbocycles. The number of benzene rings is 1. The summed E-state index contributed by atoms with van der Waals surface area (Å²) in [5.74, 6) is 0.790. The van der Waals surface area contributed by atoms with Crippen molar-refractivity contribution in [3.63, 3.8) is 0 Å². The molecule has 1 aliphatic heterocycles. The highest BCUT2D eigenvalue weighted by Crippen LogP contribution is 2.42. The van der Waals surface area contributed by atoms with Gasteiger partial charge < -0.3 is 15.4 Å². The SMILES string of the molecule is CCNC(=O)NC1CCC(C)c2cc(-c3cccnc3)c(C)c(C#N)c2O1. The second-order valence-corrected chi connectivity index (χ2v) is 6.78.